The Labute approximate surface area is 680 Å². The molecule has 10 N–H and O–H groups in total. The van der Waals surface area contributed by atoms with Crippen LogP contribution >= 0.6 is 11.6 Å². The maximum absolute atomic E-state index is 14.1. The van der Waals surface area contributed by atoms with Crippen molar-refractivity contribution < 1.29 is 28.8 Å². The lowest BCUT2D eigenvalue weighted by Crippen LogP contribution is -2.50. The Balaban J connectivity index is 0.000000170. The molecule has 4 aliphatic heterocycles. The van der Waals surface area contributed by atoms with Crippen LogP contribution in [0.25, 0.3) is 21.5 Å². The van der Waals surface area contributed by atoms with E-state index in [9.17, 15) is 28.8 Å². The molecule has 4 saturated heterocycles. The lowest BCUT2D eigenvalue weighted by molar-refractivity contribution is -0.133. The van der Waals surface area contributed by atoms with E-state index in [4.69, 9.17) is 23.1 Å². The summed E-state index contributed by atoms with van der Waals surface area (Å²) in [5.41, 5.74) is 19.0. The number of rotatable bonds is 31. The molecule has 0 unspecified atom stereocenters. The number of nitrogens with zero attached hydrogens (tertiary/aromatic N) is 4. The summed E-state index contributed by atoms with van der Waals surface area (Å²) < 4.78 is 0. The van der Waals surface area contributed by atoms with Crippen LogP contribution in [0, 0.1) is 0 Å². The molecule has 0 bridgehead atoms. The molecule has 4 fully saturated rings. The second-order valence-corrected chi connectivity index (χ2v) is 31.5. The van der Waals surface area contributed by atoms with Crippen LogP contribution in [0.15, 0.2) is 231 Å². The third kappa shape index (κ3) is 25.4. The molecule has 18 nitrogen and oxygen atoms in total. The highest BCUT2D eigenvalue weighted by molar-refractivity contribution is 6.30. The van der Waals surface area contributed by atoms with Crippen LogP contribution in [0.3, 0.4) is 0 Å². The van der Waals surface area contributed by atoms with E-state index in [1.807, 2.05) is 143 Å². The molecule has 114 heavy (non-hydrogen) atoms. The minimum absolute atomic E-state index is 0.00158. The highest BCUT2D eigenvalue weighted by Crippen LogP contribution is 2.30. The summed E-state index contributed by atoms with van der Waals surface area (Å²) in [6.07, 6.45) is 12.0. The Kier molecular flexibility index (Phi) is 33.6. The number of hydrogen-bond donors (Lipinski definition) is 8. The van der Waals surface area contributed by atoms with E-state index < -0.39 is 0 Å². The fourth-order valence-electron chi connectivity index (χ4n) is 16.3. The van der Waals surface area contributed by atoms with E-state index in [2.05, 4.69) is 153 Å². The lowest BCUT2D eigenvalue weighted by Gasteiger charge is -2.31. The maximum Gasteiger partial charge on any atom is 0.251 e. The first kappa shape index (κ1) is 85.3. The van der Waals surface area contributed by atoms with Crippen molar-refractivity contribution in [1.29, 1.82) is 0 Å². The van der Waals surface area contributed by atoms with Gasteiger partial charge in [-0.05, 0) is 189 Å². The number of hydrogen-bond acceptors (Lipinski definition) is 12. The monoisotopic (exact) mass is 1560 g/mol. The number of amides is 6. The summed E-state index contributed by atoms with van der Waals surface area (Å²) in [5.74, 6) is 0.941. The molecule has 13 rings (SSSR count). The molecule has 0 saturated carbocycles. The van der Waals surface area contributed by atoms with Crippen LogP contribution in [0.5, 0.6) is 0 Å². The largest absolute Gasteiger partial charge is 0.355 e. The number of carbonyl (C=O) groups excluding carboxylic acids is 6. The number of piperidine rings is 1. The number of carbonyl (C=O) groups is 6. The topological polar surface area (TPSA) is 240 Å². The van der Waals surface area contributed by atoms with Crippen LogP contribution in [0.1, 0.15) is 164 Å². The maximum atomic E-state index is 14.1. The second kappa shape index (κ2) is 44.9. The van der Waals surface area contributed by atoms with Gasteiger partial charge in [0.2, 0.25) is 23.6 Å². The first-order chi connectivity index (χ1) is 55.7. The summed E-state index contributed by atoms with van der Waals surface area (Å²) in [7, 11) is 0. The molecule has 4 heterocycles. The van der Waals surface area contributed by atoms with E-state index in [1.165, 1.54) is 41.5 Å². The van der Waals surface area contributed by atoms with Crippen molar-refractivity contribution in [2.75, 3.05) is 91.6 Å². The van der Waals surface area contributed by atoms with E-state index in [1.54, 1.807) is 0 Å². The molecular weight excluding hydrogens is 1440 g/mol. The van der Waals surface area contributed by atoms with Crippen molar-refractivity contribution in [2.24, 2.45) is 11.5 Å². The molecule has 9 aromatic rings. The van der Waals surface area contributed by atoms with Crippen molar-refractivity contribution >= 4 is 68.6 Å². The van der Waals surface area contributed by atoms with E-state index in [0.717, 1.165) is 91.7 Å². The number of halogens is 1. The summed E-state index contributed by atoms with van der Waals surface area (Å²) in [5, 5.41) is 25.0. The molecule has 0 aromatic heterocycles. The van der Waals surface area contributed by atoms with Gasteiger partial charge in [0.05, 0.1) is 18.1 Å². The smallest absolute Gasteiger partial charge is 0.251 e. The second-order valence-electron chi connectivity index (χ2n) is 31.0. The van der Waals surface area contributed by atoms with Gasteiger partial charge in [0, 0.05) is 124 Å². The number of likely N-dealkylation sites (tertiary alicyclic amines) is 1. The Hall–Kier alpha value is -9.63. The predicted octanol–water partition coefficient (Wildman–Crippen LogP) is 13.4. The SMILES string of the molecule is CC[C@@H](CN1CC[C@@H](CNC(=O)c2ccc3ccccc3c2)N[C@@H](CCCN)C1=O)c1ccccc1.CC[C@H](CN1CC[C@@H](CNC(=O)c2ccc3ccccc3c2)N[C@@H](CCN)C1=O)c1ccccc1.O=C(CCc1ccc(Cl)cc1)NC[C@@H]1CCN(CC(c2ccccc2)c2ccccc2)C(=O)[C@H](CCN2CCCCC2)N1. The van der Waals surface area contributed by atoms with Gasteiger partial charge in [0.1, 0.15) is 0 Å². The van der Waals surface area contributed by atoms with Crippen molar-refractivity contribution in [3.05, 3.63) is 274 Å². The van der Waals surface area contributed by atoms with Crippen molar-refractivity contribution in [2.45, 2.75) is 158 Å². The van der Waals surface area contributed by atoms with Crippen molar-refractivity contribution in [3.63, 3.8) is 0 Å². The Bertz CT molecular complexity index is 4420. The molecule has 8 atom stereocenters. The number of nitrogens with two attached hydrogens (primary N) is 2. The lowest BCUT2D eigenvalue weighted by atomic mass is 9.90. The van der Waals surface area contributed by atoms with Crippen molar-refractivity contribution in [3.8, 4) is 0 Å². The number of aryl methyl sites for hydroxylation is 1. The van der Waals surface area contributed by atoms with Crippen LogP contribution in [0.4, 0.5) is 0 Å². The molecular formula is C95H119ClN12O6. The zero-order valence-electron chi connectivity index (χ0n) is 66.7. The normalized spacial score (nSPS) is 19.5. The minimum atomic E-state index is -0.335. The summed E-state index contributed by atoms with van der Waals surface area (Å²) >= 11 is 6.00. The van der Waals surface area contributed by atoms with Gasteiger partial charge in [-0.25, -0.2) is 0 Å². The van der Waals surface area contributed by atoms with Gasteiger partial charge in [-0.15, -0.1) is 0 Å². The van der Waals surface area contributed by atoms with E-state index in [-0.39, 0.29) is 77.6 Å². The van der Waals surface area contributed by atoms with Gasteiger partial charge in [-0.2, -0.15) is 0 Å². The van der Waals surface area contributed by atoms with E-state index in [0.29, 0.717) is 126 Å². The molecule has 19 heteroatoms. The van der Waals surface area contributed by atoms with Crippen molar-refractivity contribution in [1.82, 2.24) is 51.5 Å². The average Bonchev–Trinajstić information content (AvgIpc) is 1.43. The third-order valence-corrected chi connectivity index (χ3v) is 23.3. The van der Waals surface area contributed by atoms with Crippen LogP contribution < -0.4 is 43.4 Å². The molecule has 602 valence electrons. The highest BCUT2D eigenvalue weighted by atomic mass is 35.5. The van der Waals surface area contributed by atoms with Gasteiger partial charge in [-0.3, -0.25) is 28.8 Å². The molecule has 0 radical (unpaired) electrons. The number of fused-ring (bicyclic) bond motifs is 2. The van der Waals surface area contributed by atoms with Gasteiger partial charge in [0.15, 0.2) is 0 Å². The number of nitrogens with one attached hydrogen (secondary N) is 6. The Morgan fingerprint density at radius 2 is 0.842 bits per heavy atom. The first-order valence-corrected chi connectivity index (χ1v) is 42.1. The van der Waals surface area contributed by atoms with Crippen LogP contribution in [-0.2, 0) is 25.6 Å². The van der Waals surface area contributed by atoms with E-state index >= 15 is 0 Å². The predicted molar refractivity (Wildman–Crippen MR) is 462 cm³/mol. The molecule has 0 spiro atoms. The van der Waals surface area contributed by atoms with Gasteiger partial charge in [-0.1, -0.05) is 226 Å². The van der Waals surface area contributed by atoms with Gasteiger partial charge in [0.25, 0.3) is 11.8 Å². The van der Waals surface area contributed by atoms with Crippen LogP contribution in [-0.4, -0.2) is 183 Å². The fraction of sp³-hybridized carbons (Fsp3) is 0.411. The Morgan fingerprint density at radius 1 is 0.439 bits per heavy atom. The molecule has 0 aliphatic carbocycles. The van der Waals surface area contributed by atoms with Gasteiger partial charge >= 0.3 is 0 Å². The minimum Gasteiger partial charge on any atom is -0.355 e. The fourth-order valence-corrected chi connectivity index (χ4v) is 16.4. The summed E-state index contributed by atoms with van der Waals surface area (Å²) in [6, 6.07) is 76.2. The molecule has 9 aromatic carbocycles. The van der Waals surface area contributed by atoms with Gasteiger partial charge < -0.3 is 63.0 Å². The van der Waals surface area contributed by atoms with Crippen LogP contribution in [0.2, 0.25) is 5.02 Å². The summed E-state index contributed by atoms with van der Waals surface area (Å²) in [6.45, 7) is 13.9. The quantitative estimate of drug-likeness (QED) is 0.0202. The Morgan fingerprint density at radius 3 is 1.28 bits per heavy atom. The zero-order chi connectivity index (χ0) is 79.8. The summed E-state index contributed by atoms with van der Waals surface area (Å²) in [4.78, 5) is 88.1. The molecule has 6 amide bonds. The highest BCUT2D eigenvalue weighted by Gasteiger charge is 2.36. The standard InChI is InChI=1S/C36H45ClN4O2.C30H38N4O2.C29H36N4O2/c37-31-17-14-28(15-18-31)16-19-35(42)38-26-32-20-25-41(36(43)34(39-32)21-24-40-22-8-3-9-23-40)27-33(29-10-4-1-5-11-29)30-12-6-2-7-13-30;1-2-22(23-9-4-3-5-10-23)21-34-18-16-27(33-28(30(34)36)13-8-17-31)20-32-29(35)26-15-14-24-11-6-7-12-25(24)19-26;1-2-21(22-8-4-3-5-9-22)20-33-17-15-26(32-27(14-16-30)29(33)35)19-31-28(34)25-13-12-23-10-6-7-11-24(23)18-25/h1-2,4-7,10-15,17-18,32-34,39H,3,8-9,16,19-27H2,(H,38,42);3-7,9-12,14-15,19,22,27-28,33H,2,8,13,16-18,20-21,31H2,1H3,(H,32,35);3-13,18,21,26-27,32H,2,14-17,19-20,30H2,1H3,(H,31,34)/t32-,34-;22-,27-,28-;21-,26+,27+/m001/s1. The number of benzene rings is 9. The molecule has 4 aliphatic rings. The average molecular weight is 1560 g/mol. The first-order valence-electron chi connectivity index (χ1n) is 41.7. The third-order valence-electron chi connectivity index (χ3n) is 23.1. The zero-order valence-corrected chi connectivity index (χ0v) is 67.5.